The zero-order chi connectivity index (χ0) is 13.1. The van der Waals surface area contributed by atoms with Crippen LogP contribution in [-0.4, -0.2) is 26.5 Å². The predicted molar refractivity (Wildman–Crippen MR) is 74.0 cm³/mol. The van der Waals surface area contributed by atoms with E-state index in [1.807, 2.05) is 0 Å². The van der Waals surface area contributed by atoms with Crippen LogP contribution in [0.3, 0.4) is 0 Å². The van der Waals surface area contributed by atoms with Gasteiger partial charge in [0, 0.05) is 12.7 Å². The first kappa shape index (κ1) is 12.6. The molecule has 1 aliphatic heterocycles. The number of nitrogens with two attached hydrogens (primary N) is 2. The van der Waals surface area contributed by atoms with Gasteiger partial charge in [0.2, 0.25) is 0 Å². The van der Waals surface area contributed by atoms with Gasteiger partial charge in [-0.1, -0.05) is 6.92 Å². The molecule has 1 aliphatic rings. The molecule has 100 valence electrons. The molecule has 0 fully saturated rings. The van der Waals surface area contributed by atoms with Gasteiger partial charge in [-0.2, -0.15) is 0 Å². The standard InChI is InChI=1S/C12H20N4O2/c1-3-4-18-9-6-15-11-7(13)5-8(17-2)10(14)12(11)16-9/h5,9,15-16H,3-4,6,13-14H2,1-2H3. The van der Waals surface area contributed by atoms with Gasteiger partial charge in [-0.25, -0.2) is 0 Å². The van der Waals surface area contributed by atoms with Gasteiger partial charge in [0.25, 0.3) is 0 Å². The molecule has 6 nitrogen and oxygen atoms in total. The van der Waals surface area contributed by atoms with Gasteiger partial charge >= 0.3 is 0 Å². The van der Waals surface area contributed by atoms with E-state index in [1.54, 1.807) is 13.2 Å². The summed E-state index contributed by atoms with van der Waals surface area (Å²) in [5.41, 5.74) is 14.7. The highest BCUT2D eigenvalue weighted by Gasteiger charge is 2.23. The van der Waals surface area contributed by atoms with E-state index in [0.29, 0.717) is 30.3 Å². The molecule has 0 saturated carbocycles. The van der Waals surface area contributed by atoms with Crippen molar-refractivity contribution in [2.45, 2.75) is 19.6 Å². The SMILES string of the molecule is CCCOC1CNc2c(N)cc(OC)c(N)c2N1. The number of hydrogen-bond donors (Lipinski definition) is 4. The fourth-order valence-electron chi connectivity index (χ4n) is 1.97. The molecule has 0 aromatic heterocycles. The minimum atomic E-state index is -0.105. The molecule has 0 amide bonds. The monoisotopic (exact) mass is 252 g/mol. The molecule has 1 unspecified atom stereocenters. The van der Waals surface area contributed by atoms with Gasteiger partial charge in [-0.15, -0.1) is 0 Å². The highest BCUT2D eigenvalue weighted by molar-refractivity contribution is 5.94. The third-order valence-corrected chi connectivity index (χ3v) is 2.87. The van der Waals surface area contributed by atoms with Crippen molar-refractivity contribution in [3.05, 3.63) is 6.07 Å². The second-order valence-corrected chi connectivity index (χ2v) is 4.22. The van der Waals surface area contributed by atoms with Gasteiger partial charge in [0.1, 0.15) is 17.7 Å². The molecule has 0 aliphatic carbocycles. The maximum absolute atomic E-state index is 6.04. The van der Waals surface area contributed by atoms with Crippen molar-refractivity contribution in [1.29, 1.82) is 0 Å². The molecule has 2 rings (SSSR count). The summed E-state index contributed by atoms with van der Waals surface area (Å²) in [4.78, 5) is 0. The van der Waals surface area contributed by atoms with E-state index in [4.69, 9.17) is 20.9 Å². The third-order valence-electron chi connectivity index (χ3n) is 2.87. The number of rotatable bonds is 4. The quantitative estimate of drug-likeness (QED) is 0.606. The van der Waals surface area contributed by atoms with Crippen molar-refractivity contribution in [3.8, 4) is 5.75 Å². The number of ether oxygens (including phenoxy) is 2. The van der Waals surface area contributed by atoms with Crippen LogP contribution in [-0.2, 0) is 4.74 Å². The summed E-state index contributed by atoms with van der Waals surface area (Å²) >= 11 is 0. The van der Waals surface area contributed by atoms with E-state index in [2.05, 4.69) is 17.6 Å². The van der Waals surface area contributed by atoms with Crippen LogP contribution in [0.15, 0.2) is 6.07 Å². The van der Waals surface area contributed by atoms with Crippen molar-refractivity contribution in [3.63, 3.8) is 0 Å². The smallest absolute Gasteiger partial charge is 0.146 e. The van der Waals surface area contributed by atoms with Crippen LogP contribution in [0.1, 0.15) is 13.3 Å². The molecule has 1 aromatic carbocycles. The molecular weight excluding hydrogens is 232 g/mol. The number of anilines is 4. The summed E-state index contributed by atoms with van der Waals surface area (Å²) in [5, 5.41) is 6.48. The minimum Gasteiger partial charge on any atom is -0.494 e. The lowest BCUT2D eigenvalue weighted by molar-refractivity contribution is 0.0800. The molecule has 1 heterocycles. The van der Waals surface area contributed by atoms with Crippen LogP contribution in [0.2, 0.25) is 0 Å². The van der Waals surface area contributed by atoms with Crippen LogP contribution < -0.4 is 26.8 Å². The first-order valence-electron chi connectivity index (χ1n) is 6.05. The number of hydrogen-bond acceptors (Lipinski definition) is 6. The Labute approximate surface area is 107 Å². The Kier molecular flexibility index (Phi) is 3.66. The molecule has 6 heteroatoms. The third kappa shape index (κ3) is 2.24. The zero-order valence-electron chi connectivity index (χ0n) is 10.7. The topological polar surface area (TPSA) is 94.6 Å². The van der Waals surface area contributed by atoms with Gasteiger partial charge in [-0.05, 0) is 6.42 Å². The summed E-state index contributed by atoms with van der Waals surface area (Å²) in [6.45, 7) is 3.43. The van der Waals surface area contributed by atoms with Crippen molar-refractivity contribution in [2.75, 3.05) is 42.4 Å². The van der Waals surface area contributed by atoms with Gasteiger partial charge < -0.3 is 31.6 Å². The predicted octanol–water partition coefficient (Wildman–Crippen LogP) is 1.45. The van der Waals surface area contributed by atoms with Gasteiger partial charge in [-0.3, -0.25) is 0 Å². The molecule has 0 bridgehead atoms. The normalized spacial score (nSPS) is 17.6. The Balaban J connectivity index is 2.27. The van der Waals surface area contributed by atoms with Crippen LogP contribution in [0.4, 0.5) is 22.7 Å². The van der Waals surface area contributed by atoms with Crippen molar-refractivity contribution < 1.29 is 9.47 Å². The number of nitrogens with one attached hydrogen (secondary N) is 2. The molecule has 1 aromatic rings. The second-order valence-electron chi connectivity index (χ2n) is 4.22. The second kappa shape index (κ2) is 5.22. The highest BCUT2D eigenvalue weighted by atomic mass is 16.5. The Hall–Kier alpha value is -1.82. The zero-order valence-corrected chi connectivity index (χ0v) is 10.7. The summed E-state index contributed by atoms with van der Waals surface area (Å²) in [7, 11) is 1.57. The Morgan fingerprint density at radius 2 is 2.17 bits per heavy atom. The summed E-state index contributed by atoms with van der Waals surface area (Å²) in [6, 6.07) is 1.72. The molecule has 0 spiro atoms. The Morgan fingerprint density at radius 3 is 2.83 bits per heavy atom. The van der Waals surface area contributed by atoms with E-state index < -0.39 is 0 Å². The van der Waals surface area contributed by atoms with Crippen LogP contribution in [0.25, 0.3) is 0 Å². The minimum absolute atomic E-state index is 0.105. The molecule has 0 saturated heterocycles. The highest BCUT2D eigenvalue weighted by Crippen LogP contribution is 2.42. The lowest BCUT2D eigenvalue weighted by Crippen LogP contribution is -2.36. The number of fused-ring (bicyclic) bond motifs is 1. The summed E-state index contributed by atoms with van der Waals surface area (Å²) in [5.74, 6) is 0.566. The molecule has 18 heavy (non-hydrogen) atoms. The molecular formula is C12H20N4O2. The van der Waals surface area contributed by atoms with Gasteiger partial charge in [0.05, 0.1) is 30.7 Å². The van der Waals surface area contributed by atoms with Crippen LogP contribution in [0, 0.1) is 0 Å². The van der Waals surface area contributed by atoms with Crippen LogP contribution in [0.5, 0.6) is 5.75 Å². The maximum Gasteiger partial charge on any atom is 0.146 e. The van der Waals surface area contributed by atoms with Crippen molar-refractivity contribution in [2.24, 2.45) is 0 Å². The Morgan fingerprint density at radius 1 is 1.39 bits per heavy atom. The summed E-state index contributed by atoms with van der Waals surface area (Å²) in [6.07, 6.45) is 0.868. The number of methoxy groups -OCH3 is 1. The maximum atomic E-state index is 6.04. The van der Waals surface area contributed by atoms with Crippen molar-refractivity contribution >= 4 is 22.7 Å². The fourth-order valence-corrected chi connectivity index (χ4v) is 1.97. The van der Waals surface area contributed by atoms with E-state index in [0.717, 1.165) is 17.8 Å². The number of benzene rings is 1. The average Bonchev–Trinajstić information content (AvgIpc) is 2.40. The molecule has 6 N–H and O–H groups in total. The summed E-state index contributed by atoms with van der Waals surface area (Å²) < 4.78 is 10.8. The van der Waals surface area contributed by atoms with E-state index in [-0.39, 0.29) is 6.23 Å². The average molecular weight is 252 g/mol. The lowest BCUT2D eigenvalue weighted by Gasteiger charge is -2.30. The fraction of sp³-hybridized carbons (Fsp3) is 0.500. The van der Waals surface area contributed by atoms with Crippen LogP contribution >= 0.6 is 0 Å². The molecule has 1 atom stereocenters. The van der Waals surface area contributed by atoms with Gasteiger partial charge in [0.15, 0.2) is 0 Å². The first-order chi connectivity index (χ1) is 8.67. The number of nitrogen functional groups attached to an aromatic ring is 2. The lowest BCUT2D eigenvalue weighted by atomic mass is 10.1. The largest absolute Gasteiger partial charge is 0.494 e. The van der Waals surface area contributed by atoms with Crippen molar-refractivity contribution in [1.82, 2.24) is 0 Å². The van der Waals surface area contributed by atoms with E-state index >= 15 is 0 Å². The first-order valence-corrected chi connectivity index (χ1v) is 6.05. The van der Waals surface area contributed by atoms with E-state index in [9.17, 15) is 0 Å². The Bertz CT molecular complexity index is 437. The van der Waals surface area contributed by atoms with E-state index in [1.165, 1.54) is 0 Å². The molecule has 0 radical (unpaired) electrons.